The van der Waals surface area contributed by atoms with E-state index in [0.717, 1.165) is 46.3 Å². The SMILES string of the molecule is CCC(C(=N)C(=O)O)c1ncc(-c2ccc(-c3ccc(-c4cn(COCC[Si](C)(C)C)cn4)cc3)cc2)[nH]1. The number of benzene rings is 2. The lowest BCUT2D eigenvalue weighted by atomic mass is 9.99. The van der Waals surface area contributed by atoms with Gasteiger partial charge in [0.2, 0.25) is 0 Å². The van der Waals surface area contributed by atoms with Gasteiger partial charge in [-0.05, 0) is 29.2 Å². The van der Waals surface area contributed by atoms with Crippen molar-refractivity contribution in [2.24, 2.45) is 0 Å². The van der Waals surface area contributed by atoms with Gasteiger partial charge in [-0.1, -0.05) is 75.1 Å². The molecule has 1 unspecified atom stereocenters. The highest BCUT2D eigenvalue weighted by Crippen LogP contribution is 2.28. The number of nitrogens with zero attached hydrogens (tertiary/aromatic N) is 3. The molecule has 0 saturated carbocycles. The van der Waals surface area contributed by atoms with Crippen LogP contribution in [-0.4, -0.2) is 51.0 Å². The van der Waals surface area contributed by atoms with Crippen molar-refractivity contribution in [3.63, 3.8) is 0 Å². The molecular weight excluding hydrogens is 494 g/mol. The van der Waals surface area contributed by atoms with Crippen molar-refractivity contribution in [2.75, 3.05) is 6.61 Å². The van der Waals surface area contributed by atoms with Crippen LogP contribution in [0.5, 0.6) is 0 Å². The number of hydrogen-bond donors (Lipinski definition) is 3. The van der Waals surface area contributed by atoms with Crippen LogP contribution in [0.4, 0.5) is 0 Å². The van der Waals surface area contributed by atoms with E-state index in [1.54, 1.807) is 6.20 Å². The van der Waals surface area contributed by atoms with Gasteiger partial charge in [-0.3, -0.25) is 5.41 Å². The molecule has 2 aromatic carbocycles. The molecule has 8 nitrogen and oxygen atoms in total. The fourth-order valence-electron chi connectivity index (χ4n) is 4.15. The molecule has 0 aliphatic heterocycles. The maximum Gasteiger partial charge on any atom is 0.350 e. The summed E-state index contributed by atoms with van der Waals surface area (Å²) in [6, 6.07) is 17.6. The summed E-state index contributed by atoms with van der Waals surface area (Å²) in [4.78, 5) is 23.3. The number of carboxylic acid groups (broad SMARTS) is 1. The Morgan fingerprint density at radius 1 is 1.03 bits per heavy atom. The summed E-state index contributed by atoms with van der Waals surface area (Å²) in [7, 11) is -1.09. The zero-order valence-electron chi connectivity index (χ0n) is 22.4. The van der Waals surface area contributed by atoms with Crippen molar-refractivity contribution in [3.05, 3.63) is 73.1 Å². The van der Waals surface area contributed by atoms with E-state index < -0.39 is 20.0 Å². The Morgan fingerprint density at radius 2 is 1.63 bits per heavy atom. The molecule has 4 aromatic rings. The molecule has 2 aromatic heterocycles. The molecule has 0 radical (unpaired) electrons. The maximum atomic E-state index is 11.2. The number of nitrogens with one attached hydrogen (secondary N) is 2. The van der Waals surface area contributed by atoms with Gasteiger partial charge < -0.3 is 19.4 Å². The molecule has 0 fully saturated rings. The lowest BCUT2D eigenvalue weighted by Gasteiger charge is -2.15. The molecule has 38 heavy (non-hydrogen) atoms. The van der Waals surface area contributed by atoms with Crippen molar-refractivity contribution in [1.29, 1.82) is 5.41 Å². The van der Waals surface area contributed by atoms with Crippen LogP contribution >= 0.6 is 0 Å². The number of carboxylic acids is 1. The van der Waals surface area contributed by atoms with Gasteiger partial charge in [0.25, 0.3) is 0 Å². The summed E-state index contributed by atoms with van der Waals surface area (Å²) in [5, 5.41) is 17.0. The van der Waals surface area contributed by atoms with Crippen LogP contribution < -0.4 is 0 Å². The quantitative estimate of drug-likeness (QED) is 0.110. The predicted molar refractivity (Wildman–Crippen MR) is 153 cm³/mol. The molecule has 0 aliphatic rings. The Kier molecular flexibility index (Phi) is 8.38. The van der Waals surface area contributed by atoms with Crippen LogP contribution in [0.25, 0.3) is 33.6 Å². The van der Waals surface area contributed by atoms with Crippen LogP contribution in [0.3, 0.4) is 0 Å². The Morgan fingerprint density at radius 3 is 2.21 bits per heavy atom. The highest BCUT2D eigenvalue weighted by molar-refractivity contribution is 6.76. The number of carbonyl (C=O) groups is 1. The number of aromatic nitrogens is 4. The van der Waals surface area contributed by atoms with Gasteiger partial charge >= 0.3 is 5.97 Å². The van der Waals surface area contributed by atoms with Gasteiger partial charge in [-0.25, -0.2) is 14.8 Å². The summed E-state index contributed by atoms with van der Waals surface area (Å²) in [5.74, 6) is -1.29. The monoisotopic (exact) mass is 529 g/mol. The first-order valence-corrected chi connectivity index (χ1v) is 16.5. The smallest absolute Gasteiger partial charge is 0.350 e. The number of aromatic amines is 1. The number of aliphatic carboxylic acids is 1. The second kappa shape index (κ2) is 11.7. The first-order chi connectivity index (χ1) is 18.1. The highest BCUT2D eigenvalue weighted by Gasteiger charge is 2.23. The average molecular weight is 530 g/mol. The lowest BCUT2D eigenvalue weighted by Crippen LogP contribution is -2.21. The number of H-pyrrole nitrogens is 1. The molecule has 2 heterocycles. The van der Waals surface area contributed by atoms with Crippen molar-refractivity contribution in [1.82, 2.24) is 19.5 Å². The van der Waals surface area contributed by atoms with Gasteiger partial charge in [0.1, 0.15) is 18.3 Å². The van der Waals surface area contributed by atoms with E-state index in [4.69, 9.17) is 10.1 Å². The minimum Gasteiger partial charge on any atom is -0.477 e. The molecule has 0 bridgehead atoms. The minimum atomic E-state index is -1.22. The number of rotatable bonds is 12. The van der Waals surface area contributed by atoms with Gasteiger partial charge in [-0.2, -0.15) is 0 Å². The molecule has 1 atom stereocenters. The number of imidazole rings is 2. The summed E-state index contributed by atoms with van der Waals surface area (Å²) in [5.41, 5.74) is 5.52. The topological polar surface area (TPSA) is 117 Å². The van der Waals surface area contributed by atoms with Gasteiger partial charge in [-0.15, -0.1) is 0 Å². The van der Waals surface area contributed by atoms with Crippen LogP contribution in [0.15, 0.2) is 67.3 Å². The standard InChI is InChI=1S/C29H35N5O3Si/c1-5-24(27(30)29(35)36)28-31-16-25(33-28)22-10-6-20(7-11-22)21-8-12-23(13-9-21)26-17-34(18-32-26)19-37-14-15-38(2,3)4/h6-13,16-18,24,30H,5,14-15,19H2,1-4H3,(H,31,33)(H,35,36). The zero-order chi connectivity index (χ0) is 27.3. The Balaban J connectivity index is 1.40. The third-order valence-electron chi connectivity index (χ3n) is 6.49. The normalized spacial score (nSPS) is 12.4. The molecule has 198 valence electrons. The summed E-state index contributed by atoms with van der Waals surface area (Å²) < 4.78 is 7.79. The van der Waals surface area contributed by atoms with E-state index >= 15 is 0 Å². The van der Waals surface area contributed by atoms with Gasteiger partial charge in [0, 0.05) is 26.4 Å². The zero-order valence-corrected chi connectivity index (χ0v) is 23.4. The van der Waals surface area contributed by atoms with E-state index in [2.05, 4.69) is 58.9 Å². The van der Waals surface area contributed by atoms with Crippen LogP contribution in [0.1, 0.15) is 25.1 Å². The minimum absolute atomic E-state index is 0.357. The third kappa shape index (κ3) is 6.73. The van der Waals surface area contributed by atoms with Crippen LogP contribution in [0, 0.1) is 5.41 Å². The maximum absolute atomic E-state index is 11.2. The third-order valence-corrected chi connectivity index (χ3v) is 8.20. The van der Waals surface area contributed by atoms with Crippen molar-refractivity contribution in [3.8, 4) is 33.6 Å². The molecule has 0 spiro atoms. The highest BCUT2D eigenvalue weighted by atomic mass is 28.3. The van der Waals surface area contributed by atoms with Crippen LogP contribution in [0.2, 0.25) is 25.7 Å². The summed E-state index contributed by atoms with van der Waals surface area (Å²) >= 11 is 0. The van der Waals surface area contributed by atoms with Gasteiger partial charge in [0.15, 0.2) is 0 Å². The average Bonchev–Trinajstić information content (AvgIpc) is 3.57. The van der Waals surface area contributed by atoms with E-state index in [1.165, 1.54) is 0 Å². The Hall–Kier alpha value is -3.82. The molecule has 0 aliphatic carbocycles. The Labute approximate surface area is 224 Å². The first-order valence-electron chi connectivity index (χ1n) is 12.8. The first kappa shape index (κ1) is 27.2. The van der Waals surface area contributed by atoms with E-state index in [-0.39, 0.29) is 5.71 Å². The summed E-state index contributed by atoms with van der Waals surface area (Å²) in [6.45, 7) is 10.2. The molecule has 4 rings (SSSR count). The van der Waals surface area contributed by atoms with E-state index in [9.17, 15) is 9.90 Å². The van der Waals surface area contributed by atoms with Crippen molar-refractivity contribution in [2.45, 2.75) is 51.7 Å². The fraction of sp³-hybridized carbons (Fsp3) is 0.310. The summed E-state index contributed by atoms with van der Waals surface area (Å²) in [6.07, 6.45) is 6.00. The molecular formula is C29H35N5O3Si. The second-order valence-corrected chi connectivity index (χ2v) is 16.3. The number of hydrogen-bond acceptors (Lipinski definition) is 5. The van der Waals surface area contributed by atoms with Crippen LogP contribution in [-0.2, 0) is 16.3 Å². The van der Waals surface area contributed by atoms with E-state index in [1.807, 2.05) is 48.3 Å². The fourth-order valence-corrected chi connectivity index (χ4v) is 4.90. The number of ether oxygens (including phenoxy) is 1. The lowest BCUT2D eigenvalue weighted by molar-refractivity contribution is -0.129. The van der Waals surface area contributed by atoms with Gasteiger partial charge in [0.05, 0.1) is 29.8 Å². The molecule has 9 heteroatoms. The van der Waals surface area contributed by atoms with E-state index in [0.29, 0.717) is 19.0 Å². The predicted octanol–water partition coefficient (Wildman–Crippen LogP) is 6.52. The largest absolute Gasteiger partial charge is 0.477 e. The Bertz CT molecular complexity index is 1380. The molecule has 0 amide bonds. The van der Waals surface area contributed by atoms with Crippen molar-refractivity contribution < 1.29 is 14.6 Å². The van der Waals surface area contributed by atoms with Crippen molar-refractivity contribution >= 4 is 19.8 Å². The second-order valence-electron chi connectivity index (χ2n) is 10.6. The molecule has 0 saturated heterocycles. The molecule has 3 N–H and O–H groups in total.